The molecular formula is C12H11FN2O. The normalized spacial score (nSPS) is 10.4. The zero-order valence-electron chi connectivity index (χ0n) is 8.85. The molecule has 16 heavy (non-hydrogen) atoms. The van der Waals surface area contributed by atoms with Gasteiger partial charge in [-0.05, 0) is 19.1 Å². The van der Waals surface area contributed by atoms with Crippen LogP contribution in [0, 0.1) is 12.7 Å². The van der Waals surface area contributed by atoms with Crippen LogP contribution in [-0.2, 0) is 6.54 Å². The van der Waals surface area contributed by atoms with E-state index in [1.54, 1.807) is 31.2 Å². The number of hydrogen-bond acceptors (Lipinski definition) is 2. The first-order chi connectivity index (χ1) is 7.66. The maximum absolute atomic E-state index is 13.4. The highest BCUT2D eigenvalue weighted by Gasteiger charge is 2.03. The molecule has 0 saturated heterocycles. The maximum Gasteiger partial charge on any atom is 0.267 e. The van der Waals surface area contributed by atoms with E-state index in [1.807, 2.05) is 0 Å². The van der Waals surface area contributed by atoms with E-state index in [4.69, 9.17) is 0 Å². The molecule has 3 nitrogen and oxygen atoms in total. The lowest BCUT2D eigenvalue weighted by Gasteiger charge is -2.05. The van der Waals surface area contributed by atoms with E-state index in [9.17, 15) is 9.18 Å². The zero-order valence-corrected chi connectivity index (χ0v) is 8.85. The zero-order chi connectivity index (χ0) is 11.5. The molecule has 0 aliphatic heterocycles. The number of halogens is 1. The first-order valence-electron chi connectivity index (χ1n) is 4.95. The fourth-order valence-electron chi connectivity index (χ4n) is 1.45. The fourth-order valence-corrected chi connectivity index (χ4v) is 1.45. The number of nitrogens with zero attached hydrogens (tertiary/aromatic N) is 2. The minimum atomic E-state index is -0.322. The molecule has 82 valence electrons. The van der Waals surface area contributed by atoms with E-state index in [0.29, 0.717) is 5.56 Å². The van der Waals surface area contributed by atoms with Crippen LogP contribution in [0.2, 0.25) is 0 Å². The van der Waals surface area contributed by atoms with Crippen molar-refractivity contribution in [2.45, 2.75) is 13.5 Å². The van der Waals surface area contributed by atoms with E-state index < -0.39 is 0 Å². The Hall–Kier alpha value is -1.97. The Labute approximate surface area is 92.2 Å². The molecule has 0 amide bonds. The average Bonchev–Trinajstić information content (AvgIpc) is 2.27. The van der Waals surface area contributed by atoms with Crippen molar-refractivity contribution in [2.75, 3.05) is 0 Å². The third-order valence-electron chi connectivity index (χ3n) is 2.28. The molecular weight excluding hydrogens is 207 g/mol. The van der Waals surface area contributed by atoms with Gasteiger partial charge in [-0.1, -0.05) is 18.2 Å². The van der Waals surface area contributed by atoms with Gasteiger partial charge in [0.2, 0.25) is 0 Å². The Morgan fingerprint density at radius 1 is 1.25 bits per heavy atom. The van der Waals surface area contributed by atoms with E-state index in [-0.39, 0.29) is 17.9 Å². The summed E-state index contributed by atoms with van der Waals surface area (Å²) >= 11 is 0. The maximum atomic E-state index is 13.4. The largest absolute Gasteiger partial charge is 0.268 e. The third kappa shape index (κ3) is 2.16. The Bertz CT molecular complexity index is 563. The van der Waals surface area contributed by atoms with Crippen LogP contribution in [0.4, 0.5) is 4.39 Å². The van der Waals surface area contributed by atoms with Crippen LogP contribution in [0.3, 0.4) is 0 Å². The van der Waals surface area contributed by atoms with Crippen LogP contribution in [0.25, 0.3) is 0 Å². The van der Waals surface area contributed by atoms with Crippen molar-refractivity contribution in [3.8, 4) is 0 Å². The topological polar surface area (TPSA) is 34.9 Å². The van der Waals surface area contributed by atoms with Crippen molar-refractivity contribution in [3.63, 3.8) is 0 Å². The first-order valence-corrected chi connectivity index (χ1v) is 4.95. The van der Waals surface area contributed by atoms with Crippen LogP contribution in [-0.4, -0.2) is 9.78 Å². The second-order valence-corrected chi connectivity index (χ2v) is 3.56. The van der Waals surface area contributed by atoms with Crippen LogP contribution in [0.1, 0.15) is 11.3 Å². The minimum absolute atomic E-state index is 0.160. The standard InChI is InChI=1S/C12H11FN2O/c1-9-6-7-12(16)15(14-9)8-10-4-2-3-5-11(10)13/h2-7H,8H2,1H3. The quantitative estimate of drug-likeness (QED) is 0.769. The number of benzene rings is 1. The first kappa shape index (κ1) is 10.5. The van der Waals surface area contributed by atoms with Gasteiger partial charge in [-0.3, -0.25) is 4.79 Å². The van der Waals surface area contributed by atoms with Gasteiger partial charge < -0.3 is 0 Å². The molecule has 0 bridgehead atoms. The summed E-state index contributed by atoms with van der Waals surface area (Å²) in [5, 5.41) is 4.05. The lowest BCUT2D eigenvalue weighted by Crippen LogP contribution is -2.23. The Morgan fingerprint density at radius 2 is 2.00 bits per heavy atom. The Morgan fingerprint density at radius 3 is 2.75 bits per heavy atom. The average molecular weight is 218 g/mol. The van der Waals surface area contributed by atoms with Crippen LogP contribution >= 0.6 is 0 Å². The Balaban J connectivity index is 2.38. The molecule has 2 rings (SSSR count). The summed E-state index contributed by atoms with van der Waals surface area (Å²) in [5.74, 6) is -0.322. The summed E-state index contributed by atoms with van der Waals surface area (Å²) in [6.45, 7) is 1.95. The molecule has 2 aromatic rings. The molecule has 0 aliphatic rings. The molecule has 4 heteroatoms. The molecule has 1 aromatic heterocycles. The van der Waals surface area contributed by atoms with Gasteiger partial charge in [0, 0.05) is 11.6 Å². The van der Waals surface area contributed by atoms with E-state index in [1.165, 1.54) is 16.8 Å². The summed E-state index contributed by atoms with van der Waals surface area (Å²) in [4.78, 5) is 11.5. The van der Waals surface area contributed by atoms with Crippen LogP contribution in [0.15, 0.2) is 41.2 Å². The summed E-state index contributed by atoms with van der Waals surface area (Å²) < 4.78 is 14.6. The molecule has 0 spiro atoms. The summed E-state index contributed by atoms with van der Waals surface area (Å²) in [7, 11) is 0. The number of aromatic nitrogens is 2. The van der Waals surface area contributed by atoms with Gasteiger partial charge in [0.1, 0.15) is 5.82 Å². The highest BCUT2D eigenvalue weighted by Crippen LogP contribution is 2.06. The highest BCUT2D eigenvalue weighted by molar-refractivity contribution is 5.17. The van der Waals surface area contributed by atoms with E-state index in [2.05, 4.69) is 5.10 Å². The van der Waals surface area contributed by atoms with Crippen molar-refractivity contribution in [2.24, 2.45) is 0 Å². The molecule has 1 heterocycles. The predicted octanol–water partition coefficient (Wildman–Crippen LogP) is 1.74. The van der Waals surface area contributed by atoms with Gasteiger partial charge in [-0.15, -0.1) is 0 Å². The monoisotopic (exact) mass is 218 g/mol. The summed E-state index contributed by atoms with van der Waals surface area (Å²) in [6.07, 6.45) is 0. The van der Waals surface area contributed by atoms with Gasteiger partial charge in [0.15, 0.2) is 0 Å². The van der Waals surface area contributed by atoms with Crippen LogP contribution in [0.5, 0.6) is 0 Å². The molecule has 0 saturated carbocycles. The van der Waals surface area contributed by atoms with Crippen molar-refractivity contribution in [1.82, 2.24) is 9.78 Å². The molecule has 0 fully saturated rings. The van der Waals surface area contributed by atoms with Crippen molar-refractivity contribution < 1.29 is 4.39 Å². The Kier molecular flexibility index (Phi) is 2.81. The van der Waals surface area contributed by atoms with Gasteiger partial charge in [-0.25, -0.2) is 9.07 Å². The van der Waals surface area contributed by atoms with E-state index >= 15 is 0 Å². The number of rotatable bonds is 2. The van der Waals surface area contributed by atoms with Crippen molar-refractivity contribution in [3.05, 3.63) is 63.8 Å². The molecule has 0 radical (unpaired) electrons. The smallest absolute Gasteiger partial charge is 0.267 e. The predicted molar refractivity (Wildman–Crippen MR) is 58.7 cm³/mol. The third-order valence-corrected chi connectivity index (χ3v) is 2.28. The number of aryl methyl sites for hydroxylation is 1. The van der Waals surface area contributed by atoms with E-state index in [0.717, 1.165) is 5.69 Å². The second kappa shape index (κ2) is 4.26. The van der Waals surface area contributed by atoms with Gasteiger partial charge in [0.25, 0.3) is 5.56 Å². The fraction of sp³-hybridized carbons (Fsp3) is 0.167. The molecule has 0 N–H and O–H groups in total. The molecule has 0 unspecified atom stereocenters. The van der Waals surface area contributed by atoms with Gasteiger partial charge >= 0.3 is 0 Å². The van der Waals surface area contributed by atoms with Gasteiger partial charge in [0.05, 0.1) is 12.2 Å². The van der Waals surface area contributed by atoms with Crippen molar-refractivity contribution in [1.29, 1.82) is 0 Å². The highest BCUT2D eigenvalue weighted by atomic mass is 19.1. The summed E-state index contributed by atoms with van der Waals surface area (Å²) in [6, 6.07) is 9.44. The molecule has 0 atom stereocenters. The second-order valence-electron chi connectivity index (χ2n) is 3.56. The lowest BCUT2D eigenvalue weighted by molar-refractivity contribution is 0.569. The minimum Gasteiger partial charge on any atom is -0.268 e. The molecule has 0 aliphatic carbocycles. The van der Waals surface area contributed by atoms with Crippen LogP contribution < -0.4 is 5.56 Å². The molecule has 1 aromatic carbocycles. The number of hydrogen-bond donors (Lipinski definition) is 0. The van der Waals surface area contributed by atoms with Gasteiger partial charge in [-0.2, -0.15) is 5.10 Å². The van der Waals surface area contributed by atoms with Crippen molar-refractivity contribution >= 4 is 0 Å². The SMILES string of the molecule is Cc1ccc(=O)n(Cc2ccccc2F)n1. The summed E-state index contributed by atoms with van der Waals surface area (Å²) in [5.41, 5.74) is 0.965. The lowest BCUT2D eigenvalue weighted by atomic mass is 10.2.